The van der Waals surface area contributed by atoms with Gasteiger partial charge in [-0.05, 0) is 29.6 Å². The molecule has 3 rings (SSSR count). The third kappa shape index (κ3) is 5.09. The van der Waals surface area contributed by atoms with Crippen LogP contribution in [0.4, 0.5) is 5.69 Å². The Morgan fingerprint density at radius 3 is 2.82 bits per heavy atom. The van der Waals surface area contributed by atoms with Crippen LogP contribution in [0.1, 0.15) is 5.69 Å². The van der Waals surface area contributed by atoms with Gasteiger partial charge in [0.05, 0.1) is 36.3 Å². The number of ether oxygens (including phenoxy) is 1. The summed E-state index contributed by atoms with van der Waals surface area (Å²) < 4.78 is 5.21. The fourth-order valence-electron chi connectivity index (χ4n) is 2.46. The van der Waals surface area contributed by atoms with Crippen molar-refractivity contribution < 1.29 is 14.3 Å². The van der Waals surface area contributed by atoms with Gasteiger partial charge in [-0.15, -0.1) is 22.7 Å². The largest absolute Gasteiger partial charge is 0.495 e. The molecule has 3 aromatic rings. The van der Waals surface area contributed by atoms with Crippen molar-refractivity contribution in [2.45, 2.75) is 6.42 Å². The lowest BCUT2D eigenvalue weighted by Gasteiger charge is -2.17. The number of nitrogens with zero attached hydrogens (tertiary/aromatic N) is 2. The highest BCUT2D eigenvalue weighted by molar-refractivity contribution is 7.20. The van der Waals surface area contributed by atoms with Crippen LogP contribution in [0.2, 0.25) is 5.02 Å². The van der Waals surface area contributed by atoms with E-state index in [9.17, 15) is 9.59 Å². The SMILES string of the molecule is COc1ccc(Cl)cc1NC(=O)CN(C)C(=O)Cc1csc(-c2cccs2)n1. The molecule has 0 radical (unpaired) electrons. The zero-order chi connectivity index (χ0) is 20.1. The zero-order valence-electron chi connectivity index (χ0n) is 15.3. The van der Waals surface area contributed by atoms with Crippen LogP contribution in [0.25, 0.3) is 9.88 Å². The number of hydrogen-bond acceptors (Lipinski definition) is 6. The Balaban J connectivity index is 1.57. The second kappa shape index (κ2) is 9.18. The second-order valence-corrected chi connectivity index (χ2v) is 8.18. The molecule has 2 aromatic heterocycles. The van der Waals surface area contributed by atoms with Crippen molar-refractivity contribution >= 4 is 51.8 Å². The first kappa shape index (κ1) is 20.3. The number of nitrogens with one attached hydrogen (secondary N) is 1. The van der Waals surface area contributed by atoms with E-state index in [-0.39, 0.29) is 24.8 Å². The summed E-state index contributed by atoms with van der Waals surface area (Å²) in [6.07, 6.45) is 0.145. The van der Waals surface area contributed by atoms with Crippen LogP contribution in [0.3, 0.4) is 0 Å². The van der Waals surface area contributed by atoms with Crippen molar-refractivity contribution in [2.75, 3.05) is 26.0 Å². The van der Waals surface area contributed by atoms with E-state index >= 15 is 0 Å². The Labute approximate surface area is 175 Å². The van der Waals surface area contributed by atoms with Gasteiger partial charge in [-0.3, -0.25) is 9.59 Å². The molecule has 1 aromatic carbocycles. The lowest BCUT2D eigenvalue weighted by Crippen LogP contribution is -2.35. The van der Waals surface area contributed by atoms with E-state index in [2.05, 4.69) is 10.3 Å². The van der Waals surface area contributed by atoms with Crippen LogP contribution >= 0.6 is 34.3 Å². The van der Waals surface area contributed by atoms with Crippen molar-refractivity contribution in [3.8, 4) is 15.6 Å². The minimum absolute atomic E-state index is 0.0869. The number of carbonyl (C=O) groups is 2. The number of rotatable bonds is 7. The summed E-state index contributed by atoms with van der Waals surface area (Å²) in [4.78, 5) is 31.7. The Morgan fingerprint density at radius 2 is 2.11 bits per heavy atom. The number of thiazole rings is 1. The number of methoxy groups -OCH3 is 1. The first-order chi connectivity index (χ1) is 13.5. The maximum atomic E-state index is 12.4. The minimum Gasteiger partial charge on any atom is -0.495 e. The van der Waals surface area contributed by atoms with E-state index in [1.165, 1.54) is 23.3 Å². The quantitative estimate of drug-likeness (QED) is 0.604. The van der Waals surface area contributed by atoms with E-state index in [4.69, 9.17) is 16.3 Å². The highest BCUT2D eigenvalue weighted by Crippen LogP contribution is 2.28. The zero-order valence-corrected chi connectivity index (χ0v) is 17.7. The summed E-state index contributed by atoms with van der Waals surface area (Å²) >= 11 is 9.08. The number of carbonyl (C=O) groups excluding carboxylic acids is 2. The number of hydrogen-bond donors (Lipinski definition) is 1. The summed E-state index contributed by atoms with van der Waals surface area (Å²) in [5, 5.41) is 7.95. The molecule has 6 nitrogen and oxygen atoms in total. The molecular formula is C19H18ClN3O3S2. The molecule has 28 heavy (non-hydrogen) atoms. The Hall–Kier alpha value is -2.42. The predicted octanol–water partition coefficient (Wildman–Crippen LogP) is 4.17. The molecule has 2 heterocycles. The standard InChI is InChI=1S/C19H18ClN3O3S2/c1-23(10-17(24)22-14-8-12(20)5-6-15(14)26-2)18(25)9-13-11-28-19(21-13)16-4-3-7-27-16/h3-8,11H,9-10H2,1-2H3,(H,22,24). The van der Waals surface area contributed by atoms with Gasteiger partial charge in [0.25, 0.3) is 0 Å². The second-order valence-electron chi connectivity index (χ2n) is 5.94. The number of likely N-dealkylation sites (N-methyl/N-ethyl adjacent to an activating group) is 1. The number of anilines is 1. The molecule has 146 valence electrons. The van der Waals surface area contributed by atoms with Crippen molar-refractivity contribution in [3.05, 3.63) is 51.8 Å². The van der Waals surface area contributed by atoms with E-state index in [0.29, 0.717) is 22.2 Å². The molecule has 9 heteroatoms. The van der Waals surface area contributed by atoms with E-state index < -0.39 is 0 Å². The van der Waals surface area contributed by atoms with Gasteiger partial charge in [0.2, 0.25) is 11.8 Å². The van der Waals surface area contributed by atoms with Gasteiger partial charge in [0, 0.05) is 17.5 Å². The molecule has 0 unspecified atom stereocenters. The summed E-state index contributed by atoms with van der Waals surface area (Å²) in [6, 6.07) is 8.90. The van der Waals surface area contributed by atoms with Gasteiger partial charge in [0.1, 0.15) is 10.8 Å². The average Bonchev–Trinajstić information content (AvgIpc) is 3.33. The van der Waals surface area contributed by atoms with Crippen molar-refractivity contribution in [2.24, 2.45) is 0 Å². The lowest BCUT2D eigenvalue weighted by molar-refractivity contribution is -0.132. The van der Waals surface area contributed by atoms with Gasteiger partial charge in [-0.25, -0.2) is 4.98 Å². The van der Waals surface area contributed by atoms with Crippen LogP contribution in [-0.2, 0) is 16.0 Å². The maximum absolute atomic E-state index is 12.4. The van der Waals surface area contributed by atoms with Gasteiger partial charge >= 0.3 is 0 Å². The smallest absolute Gasteiger partial charge is 0.244 e. The molecule has 0 fully saturated rings. The van der Waals surface area contributed by atoms with E-state index in [1.54, 1.807) is 36.6 Å². The molecule has 0 bridgehead atoms. The van der Waals surface area contributed by atoms with E-state index in [1.807, 2.05) is 22.9 Å². The van der Waals surface area contributed by atoms with Crippen molar-refractivity contribution in [1.29, 1.82) is 0 Å². The first-order valence-electron chi connectivity index (χ1n) is 8.32. The molecule has 0 aliphatic rings. The topological polar surface area (TPSA) is 71.5 Å². The summed E-state index contributed by atoms with van der Waals surface area (Å²) in [5.41, 5.74) is 1.16. The van der Waals surface area contributed by atoms with Crippen LogP contribution < -0.4 is 10.1 Å². The van der Waals surface area contributed by atoms with Crippen LogP contribution in [-0.4, -0.2) is 42.4 Å². The Kier molecular flexibility index (Phi) is 6.66. The van der Waals surface area contributed by atoms with E-state index in [0.717, 1.165) is 9.88 Å². The van der Waals surface area contributed by atoms with Crippen LogP contribution in [0.15, 0.2) is 41.1 Å². The summed E-state index contributed by atoms with van der Waals surface area (Å²) in [7, 11) is 3.09. The number of halogens is 1. The molecule has 0 saturated carbocycles. The highest BCUT2D eigenvalue weighted by atomic mass is 35.5. The predicted molar refractivity (Wildman–Crippen MR) is 113 cm³/mol. The third-order valence-electron chi connectivity index (χ3n) is 3.86. The summed E-state index contributed by atoms with van der Waals surface area (Å²) in [5.74, 6) is -0.0273. The molecule has 0 atom stereocenters. The van der Waals surface area contributed by atoms with Crippen LogP contribution in [0.5, 0.6) is 5.75 Å². The Bertz CT molecular complexity index is 973. The molecule has 1 N–H and O–H groups in total. The average molecular weight is 436 g/mol. The monoisotopic (exact) mass is 435 g/mol. The molecular weight excluding hydrogens is 418 g/mol. The van der Waals surface area contributed by atoms with Gasteiger partial charge in [-0.1, -0.05) is 17.7 Å². The summed E-state index contributed by atoms with van der Waals surface area (Å²) in [6.45, 7) is -0.0869. The molecule has 0 spiro atoms. The lowest BCUT2D eigenvalue weighted by atomic mass is 10.2. The molecule has 0 aliphatic heterocycles. The Morgan fingerprint density at radius 1 is 1.29 bits per heavy atom. The van der Waals surface area contributed by atoms with Gasteiger partial charge in [0.15, 0.2) is 0 Å². The highest BCUT2D eigenvalue weighted by Gasteiger charge is 2.17. The fourth-order valence-corrected chi connectivity index (χ4v) is 4.27. The molecule has 0 aliphatic carbocycles. The number of aromatic nitrogens is 1. The first-order valence-corrected chi connectivity index (χ1v) is 10.5. The van der Waals surface area contributed by atoms with Gasteiger partial charge in [-0.2, -0.15) is 0 Å². The minimum atomic E-state index is -0.339. The maximum Gasteiger partial charge on any atom is 0.244 e. The fraction of sp³-hybridized carbons (Fsp3) is 0.211. The third-order valence-corrected chi connectivity index (χ3v) is 6.02. The van der Waals surface area contributed by atoms with Crippen molar-refractivity contribution in [1.82, 2.24) is 9.88 Å². The van der Waals surface area contributed by atoms with Gasteiger partial charge < -0.3 is 15.0 Å². The van der Waals surface area contributed by atoms with Crippen LogP contribution in [0, 0.1) is 0 Å². The normalized spacial score (nSPS) is 10.5. The number of thiophene rings is 1. The molecule has 0 saturated heterocycles. The number of amides is 2. The number of benzene rings is 1. The molecule has 2 amide bonds. The van der Waals surface area contributed by atoms with Crippen molar-refractivity contribution in [3.63, 3.8) is 0 Å².